The molecule has 0 aliphatic carbocycles. The van der Waals surface area contributed by atoms with Crippen molar-refractivity contribution in [2.75, 3.05) is 18.9 Å². The molecule has 0 saturated carbocycles. The zero-order chi connectivity index (χ0) is 9.26. The van der Waals surface area contributed by atoms with Crippen LogP contribution in [0.4, 0.5) is 5.82 Å². The van der Waals surface area contributed by atoms with Crippen molar-refractivity contribution in [1.82, 2.24) is 9.78 Å². The van der Waals surface area contributed by atoms with E-state index >= 15 is 0 Å². The van der Waals surface area contributed by atoms with Crippen molar-refractivity contribution >= 4 is 28.4 Å². The van der Waals surface area contributed by atoms with Gasteiger partial charge in [0.05, 0.1) is 16.4 Å². The SMILES string of the molecule is Nc1c(I)cnn1CC1CCOC1. The number of anilines is 1. The summed E-state index contributed by atoms with van der Waals surface area (Å²) in [6.45, 7) is 2.60. The van der Waals surface area contributed by atoms with Crippen molar-refractivity contribution in [3.63, 3.8) is 0 Å². The lowest BCUT2D eigenvalue weighted by molar-refractivity contribution is 0.181. The summed E-state index contributed by atoms with van der Waals surface area (Å²) in [5.41, 5.74) is 5.83. The number of ether oxygens (including phenoxy) is 1. The third kappa shape index (κ3) is 1.96. The van der Waals surface area contributed by atoms with Gasteiger partial charge in [-0.15, -0.1) is 0 Å². The van der Waals surface area contributed by atoms with Crippen molar-refractivity contribution in [3.05, 3.63) is 9.77 Å². The lowest BCUT2D eigenvalue weighted by Crippen LogP contribution is -2.13. The van der Waals surface area contributed by atoms with E-state index in [1.807, 2.05) is 4.68 Å². The largest absolute Gasteiger partial charge is 0.383 e. The van der Waals surface area contributed by atoms with Crippen LogP contribution >= 0.6 is 22.6 Å². The molecule has 1 aromatic heterocycles. The molecule has 0 amide bonds. The second-order valence-electron chi connectivity index (χ2n) is 3.29. The summed E-state index contributed by atoms with van der Waals surface area (Å²) in [6, 6.07) is 0. The average molecular weight is 293 g/mol. The molecule has 1 aliphatic rings. The molecule has 1 atom stereocenters. The van der Waals surface area contributed by atoms with E-state index in [4.69, 9.17) is 10.5 Å². The van der Waals surface area contributed by atoms with Crippen LogP contribution < -0.4 is 5.73 Å². The molecular formula is C8H12IN3O. The predicted molar refractivity (Wildman–Crippen MR) is 58.3 cm³/mol. The van der Waals surface area contributed by atoms with Gasteiger partial charge in [0.25, 0.3) is 0 Å². The van der Waals surface area contributed by atoms with E-state index < -0.39 is 0 Å². The van der Waals surface area contributed by atoms with Crippen LogP contribution in [0.2, 0.25) is 0 Å². The van der Waals surface area contributed by atoms with Gasteiger partial charge >= 0.3 is 0 Å². The second kappa shape index (κ2) is 3.83. The van der Waals surface area contributed by atoms with Gasteiger partial charge < -0.3 is 10.5 Å². The minimum absolute atomic E-state index is 0.581. The van der Waals surface area contributed by atoms with Gasteiger partial charge in [0.1, 0.15) is 5.82 Å². The first-order valence-electron chi connectivity index (χ1n) is 4.32. The standard InChI is InChI=1S/C8H12IN3O/c9-7-3-11-12(8(7)10)4-6-1-2-13-5-6/h3,6H,1-2,4-5,10H2. The Morgan fingerprint density at radius 3 is 3.15 bits per heavy atom. The van der Waals surface area contributed by atoms with Crippen LogP contribution in [-0.4, -0.2) is 23.0 Å². The lowest BCUT2D eigenvalue weighted by atomic mass is 10.1. The molecule has 0 radical (unpaired) electrons. The highest BCUT2D eigenvalue weighted by Gasteiger charge is 2.17. The number of nitrogens with zero attached hydrogens (tertiary/aromatic N) is 2. The molecule has 0 spiro atoms. The number of hydrogen-bond acceptors (Lipinski definition) is 3. The Labute approximate surface area is 90.6 Å². The van der Waals surface area contributed by atoms with Crippen molar-refractivity contribution in [3.8, 4) is 0 Å². The van der Waals surface area contributed by atoms with E-state index in [9.17, 15) is 0 Å². The van der Waals surface area contributed by atoms with Gasteiger partial charge in [0, 0.05) is 19.1 Å². The highest BCUT2D eigenvalue weighted by Crippen LogP contribution is 2.19. The molecule has 2 N–H and O–H groups in total. The summed E-state index contributed by atoms with van der Waals surface area (Å²) in [4.78, 5) is 0. The van der Waals surface area contributed by atoms with Crippen LogP contribution in [-0.2, 0) is 11.3 Å². The summed E-state index contributed by atoms with van der Waals surface area (Å²) < 4.78 is 8.18. The lowest BCUT2D eigenvalue weighted by Gasteiger charge is -2.08. The first-order valence-corrected chi connectivity index (χ1v) is 5.40. The predicted octanol–water partition coefficient (Wildman–Crippen LogP) is 1.11. The van der Waals surface area contributed by atoms with E-state index in [0.717, 1.165) is 35.6 Å². The second-order valence-corrected chi connectivity index (χ2v) is 4.45. The van der Waals surface area contributed by atoms with Crippen molar-refractivity contribution in [2.45, 2.75) is 13.0 Å². The minimum Gasteiger partial charge on any atom is -0.383 e. The summed E-state index contributed by atoms with van der Waals surface area (Å²) >= 11 is 2.19. The monoisotopic (exact) mass is 293 g/mol. The fraction of sp³-hybridized carbons (Fsp3) is 0.625. The maximum Gasteiger partial charge on any atom is 0.135 e. The van der Waals surface area contributed by atoms with E-state index in [1.54, 1.807) is 6.20 Å². The smallest absolute Gasteiger partial charge is 0.135 e. The first kappa shape index (κ1) is 9.26. The Morgan fingerprint density at radius 1 is 1.77 bits per heavy atom. The highest BCUT2D eigenvalue weighted by molar-refractivity contribution is 14.1. The van der Waals surface area contributed by atoms with Gasteiger partial charge in [-0.2, -0.15) is 5.10 Å². The summed E-state index contributed by atoms with van der Waals surface area (Å²) in [6.07, 6.45) is 2.92. The molecule has 13 heavy (non-hydrogen) atoms. The maximum absolute atomic E-state index is 5.83. The number of aromatic nitrogens is 2. The molecule has 1 aromatic rings. The van der Waals surface area contributed by atoms with Crippen molar-refractivity contribution in [1.29, 1.82) is 0 Å². The number of nitrogens with two attached hydrogens (primary N) is 1. The molecule has 72 valence electrons. The van der Waals surface area contributed by atoms with Gasteiger partial charge in [0.15, 0.2) is 0 Å². The van der Waals surface area contributed by atoms with Crippen LogP contribution in [0.15, 0.2) is 6.20 Å². The van der Waals surface area contributed by atoms with Gasteiger partial charge in [-0.3, -0.25) is 0 Å². The fourth-order valence-electron chi connectivity index (χ4n) is 1.49. The van der Waals surface area contributed by atoms with Gasteiger partial charge in [-0.05, 0) is 29.0 Å². The minimum atomic E-state index is 0.581. The number of rotatable bonds is 2. The molecule has 4 nitrogen and oxygen atoms in total. The van der Waals surface area contributed by atoms with Crippen LogP contribution in [0, 0.1) is 9.49 Å². The Hall–Kier alpha value is -0.300. The molecule has 0 aromatic carbocycles. The number of nitrogen functional groups attached to an aromatic ring is 1. The number of hydrogen-bond donors (Lipinski definition) is 1. The van der Waals surface area contributed by atoms with Gasteiger partial charge in [0.2, 0.25) is 0 Å². The first-order chi connectivity index (χ1) is 6.27. The van der Waals surface area contributed by atoms with E-state index in [0.29, 0.717) is 5.92 Å². The van der Waals surface area contributed by atoms with Gasteiger partial charge in [-0.1, -0.05) is 0 Å². The maximum atomic E-state index is 5.83. The Bertz CT molecular complexity index is 294. The molecule has 0 bridgehead atoms. The highest BCUT2D eigenvalue weighted by atomic mass is 127. The summed E-state index contributed by atoms with van der Waals surface area (Å²) in [5.74, 6) is 1.35. The van der Waals surface area contributed by atoms with Crippen LogP contribution in [0.1, 0.15) is 6.42 Å². The Kier molecular flexibility index (Phi) is 2.73. The number of halogens is 1. The molecule has 1 aliphatic heterocycles. The van der Waals surface area contributed by atoms with Crippen LogP contribution in [0.25, 0.3) is 0 Å². The third-order valence-corrected chi connectivity index (χ3v) is 3.12. The fourth-order valence-corrected chi connectivity index (χ4v) is 1.89. The molecule has 2 heterocycles. The molecule has 5 heteroatoms. The Morgan fingerprint density at radius 2 is 2.62 bits per heavy atom. The van der Waals surface area contributed by atoms with Crippen molar-refractivity contribution < 1.29 is 4.74 Å². The van der Waals surface area contributed by atoms with Crippen LogP contribution in [0.5, 0.6) is 0 Å². The zero-order valence-electron chi connectivity index (χ0n) is 7.24. The Balaban J connectivity index is 2.04. The molecule has 1 fully saturated rings. The third-order valence-electron chi connectivity index (χ3n) is 2.29. The normalized spacial score (nSPS) is 22.4. The van der Waals surface area contributed by atoms with Gasteiger partial charge in [-0.25, -0.2) is 4.68 Å². The van der Waals surface area contributed by atoms with Crippen LogP contribution in [0.3, 0.4) is 0 Å². The summed E-state index contributed by atoms with van der Waals surface area (Å²) in [5, 5.41) is 4.21. The molecule has 1 unspecified atom stereocenters. The van der Waals surface area contributed by atoms with Crippen molar-refractivity contribution in [2.24, 2.45) is 5.92 Å². The zero-order valence-corrected chi connectivity index (χ0v) is 9.40. The average Bonchev–Trinajstić information content (AvgIpc) is 2.71. The summed E-state index contributed by atoms with van der Waals surface area (Å²) in [7, 11) is 0. The quantitative estimate of drug-likeness (QED) is 0.831. The van der Waals surface area contributed by atoms with E-state index in [2.05, 4.69) is 27.7 Å². The molecule has 2 rings (SSSR count). The topological polar surface area (TPSA) is 53.1 Å². The van der Waals surface area contributed by atoms with E-state index in [1.165, 1.54) is 0 Å². The molecular weight excluding hydrogens is 281 g/mol. The van der Waals surface area contributed by atoms with E-state index in [-0.39, 0.29) is 0 Å². The molecule has 1 saturated heterocycles.